The van der Waals surface area contributed by atoms with Crippen LogP contribution in [0.3, 0.4) is 0 Å². The van der Waals surface area contributed by atoms with Gasteiger partial charge < -0.3 is 16.2 Å². The maximum atomic E-state index is 11.5. The van der Waals surface area contributed by atoms with Gasteiger partial charge in [-0.3, -0.25) is 9.59 Å². The number of primary amides is 1. The molecule has 0 spiro atoms. The van der Waals surface area contributed by atoms with Gasteiger partial charge in [0, 0.05) is 6.54 Å². The second-order valence-electron chi connectivity index (χ2n) is 5.22. The van der Waals surface area contributed by atoms with E-state index in [4.69, 9.17) is 5.73 Å². The molecule has 0 aliphatic heterocycles. The summed E-state index contributed by atoms with van der Waals surface area (Å²) in [6.07, 6.45) is -0.138. The van der Waals surface area contributed by atoms with E-state index in [1.807, 2.05) is 18.2 Å². The van der Waals surface area contributed by atoms with Crippen LogP contribution in [0.5, 0.6) is 0 Å². The van der Waals surface area contributed by atoms with E-state index >= 15 is 0 Å². The maximum Gasteiger partial charge on any atom is 0.249 e. The summed E-state index contributed by atoms with van der Waals surface area (Å²) in [5, 5.41) is 14.5. The van der Waals surface area contributed by atoms with Crippen LogP contribution in [0.15, 0.2) is 42.5 Å². The number of hydrogen-bond donors (Lipinski definition) is 3. The Bertz CT molecular complexity index is 665. The number of amides is 2. The van der Waals surface area contributed by atoms with Crippen LogP contribution in [0, 0.1) is 0 Å². The quantitative estimate of drug-likeness (QED) is 0.669. The summed E-state index contributed by atoms with van der Waals surface area (Å²) >= 11 is 0. The van der Waals surface area contributed by atoms with E-state index in [1.165, 1.54) is 16.3 Å². The molecule has 0 saturated heterocycles. The van der Waals surface area contributed by atoms with E-state index in [9.17, 15) is 14.7 Å². The molecule has 2 aromatic carbocycles. The van der Waals surface area contributed by atoms with E-state index in [0.29, 0.717) is 6.54 Å². The molecule has 0 aromatic heterocycles. The minimum absolute atomic E-state index is 0.352. The first-order valence-electron chi connectivity index (χ1n) is 7.28. The molecule has 2 aromatic rings. The fourth-order valence-corrected chi connectivity index (χ4v) is 2.40. The molecule has 2 amide bonds. The monoisotopic (exact) mass is 300 g/mol. The lowest BCUT2D eigenvalue weighted by Crippen LogP contribution is -2.37. The van der Waals surface area contributed by atoms with Crippen LogP contribution < -0.4 is 11.1 Å². The highest BCUT2D eigenvalue weighted by molar-refractivity contribution is 5.87. The van der Waals surface area contributed by atoms with Crippen LogP contribution in [0.2, 0.25) is 0 Å². The van der Waals surface area contributed by atoms with Gasteiger partial charge in [-0.25, -0.2) is 0 Å². The Morgan fingerprint density at radius 2 is 1.86 bits per heavy atom. The van der Waals surface area contributed by atoms with Gasteiger partial charge in [-0.15, -0.1) is 0 Å². The van der Waals surface area contributed by atoms with Crippen molar-refractivity contribution in [2.45, 2.75) is 25.4 Å². The lowest BCUT2D eigenvalue weighted by atomic mass is 10.0. The van der Waals surface area contributed by atoms with Crippen molar-refractivity contribution in [3.8, 4) is 0 Å². The average Bonchev–Trinajstić information content (AvgIpc) is 2.50. The van der Waals surface area contributed by atoms with Gasteiger partial charge in [0.1, 0.15) is 6.10 Å². The van der Waals surface area contributed by atoms with Gasteiger partial charge in [0.15, 0.2) is 0 Å². The molecule has 0 saturated carbocycles. The second-order valence-corrected chi connectivity index (χ2v) is 5.22. The minimum Gasteiger partial charge on any atom is -0.383 e. The van der Waals surface area contributed by atoms with Crippen LogP contribution in [0.25, 0.3) is 10.8 Å². The Labute approximate surface area is 129 Å². The summed E-state index contributed by atoms with van der Waals surface area (Å²) in [6.45, 7) is 0.442. The van der Waals surface area contributed by atoms with Crippen LogP contribution in [0.4, 0.5) is 0 Å². The molecule has 0 aliphatic rings. The first kappa shape index (κ1) is 16.0. The van der Waals surface area contributed by atoms with Gasteiger partial charge in [-0.05, 0) is 29.2 Å². The molecule has 0 unspecified atom stereocenters. The molecule has 0 heterocycles. The third kappa shape index (κ3) is 4.30. The number of nitrogens with one attached hydrogen (secondary N) is 1. The Morgan fingerprint density at radius 3 is 2.64 bits per heavy atom. The zero-order valence-corrected chi connectivity index (χ0v) is 12.3. The fourth-order valence-electron chi connectivity index (χ4n) is 2.40. The summed E-state index contributed by atoms with van der Waals surface area (Å²) in [5.74, 6) is -1.25. The zero-order chi connectivity index (χ0) is 15.9. The average molecular weight is 300 g/mol. The zero-order valence-electron chi connectivity index (χ0n) is 12.3. The van der Waals surface area contributed by atoms with Crippen molar-refractivity contribution in [1.82, 2.24) is 5.32 Å². The van der Waals surface area contributed by atoms with Gasteiger partial charge in [-0.1, -0.05) is 42.5 Å². The number of aliphatic hydroxyl groups excluding tert-OH is 1. The van der Waals surface area contributed by atoms with Crippen molar-refractivity contribution in [3.63, 3.8) is 0 Å². The molecule has 0 bridgehead atoms. The van der Waals surface area contributed by atoms with Crippen molar-refractivity contribution >= 4 is 22.6 Å². The molecule has 2 rings (SSSR count). The summed E-state index contributed by atoms with van der Waals surface area (Å²) in [6, 6.07) is 14.3. The third-order valence-corrected chi connectivity index (χ3v) is 3.50. The van der Waals surface area contributed by atoms with Crippen LogP contribution in [-0.2, 0) is 16.0 Å². The molecule has 0 fully saturated rings. The van der Waals surface area contributed by atoms with Crippen LogP contribution >= 0.6 is 0 Å². The van der Waals surface area contributed by atoms with Crippen LogP contribution in [-0.4, -0.2) is 29.6 Å². The van der Waals surface area contributed by atoms with E-state index in [-0.39, 0.29) is 6.42 Å². The number of fused-ring (bicyclic) bond motifs is 1. The highest BCUT2D eigenvalue weighted by atomic mass is 16.3. The van der Waals surface area contributed by atoms with Gasteiger partial charge >= 0.3 is 0 Å². The van der Waals surface area contributed by atoms with Crippen molar-refractivity contribution in [2.75, 3.05) is 6.54 Å². The van der Waals surface area contributed by atoms with Gasteiger partial charge in [0.25, 0.3) is 0 Å². The number of aryl methyl sites for hydroxylation is 1. The molecule has 1 atom stereocenters. The lowest BCUT2D eigenvalue weighted by Gasteiger charge is -2.10. The van der Waals surface area contributed by atoms with E-state index in [0.717, 1.165) is 12.8 Å². The fraction of sp³-hybridized carbons (Fsp3) is 0.294. The highest BCUT2D eigenvalue weighted by Crippen LogP contribution is 2.19. The number of hydrogen-bond acceptors (Lipinski definition) is 3. The maximum absolute atomic E-state index is 11.5. The van der Waals surface area contributed by atoms with Crippen molar-refractivity contribution in [1.29, 1.82) is 0 Å². The second kappa shape index (κ2) is 7.56. The number of carbonyl (C=O) groups excluding carboxylic acids is 2. The standard InChI is InChI=1S/C17H20N2O3/c18-16(21)11-15(20)17(22)19-10-4-8-13-7-3-6-12-5-1-2-9-14(12)13/h1-3,5-7,9,15,20H,4,8,10-11H2,(H2,18,21)(H,19,22)/t15-/m0/s1. The Kier molecular flexibility index (Phi) is 5.49. The molecular formula is C17H20N2O3. The van der Waals surface area contributed by atoms with E-state index in [2.05, 4.69) is 29.6 Å². The van der Waals surface area contributed by atoms with E-state index in [1.54, 1.807) is 0 Å². The minimum atomic E-state index is -1.37. The smallest absolute Gasteiger partial charge is 0.249 e. The largest absolute Gasteiger partial charge is 0.383 e. The normalized spacial score (nSPS) is 12.0. The summed E-state index contributed by atoms with van der Waals surface area (Å²) in [7, 11) is 0. The number of nitrogens with two attached hydrogens (primary N) is 1. The van der Waals surface area contributed by atoms with Crippen LogP contribution in [0.1, 0.15) is 18.4 Å². The molecule has 116 valence electrons. The SMILES string of the molecule is NC(=O)C[C@H](O)C(=O)NCCCc1cccc2ccccc12. The first-order valence-corrected chi connectivity index (χ1v) is 7.28. The molecule has 5 heteroatoms. The lowest BCUT2D eigenvalue weighted by molar-refractivity contribution is -0.133. The van der Waals surface area contributed by atoms with Gasteiger partial charge in [0.05, 0.1) is 6.42 Å². The third-order valence-electron chi connectivity index (χ3n) is 3.50. The molecular weight excluding hydrogens is 280 g/mol. The molecule has 5 nitrogen and oxygen atoms in total. The number of rotatable bonds is 7. The number of benzene rings is 2. The molecule has 4 N–H and O–H groups in total. The summed E-state index contributed by atoms with van der Waals surface area (Å²) in [5.41, 5.74) is 6.16. The predicted octanol–water partition coefficient (Wildman–Crippen LogP) is 1.12. The topological polar surface area (TPSA) is 92.4 Å². The Morgan fingerprint density at radius 1 is 1.14 bits per heavy atom. The van der Waals surface area contributed by atoms with Crippen molar-refractivity contribution < 1.29 is 14.7 Å². The van der Waals surface area contributed by atoms with E-state index < -0.39 is 17.9 Å². The molecule has 0 aliphatic carbocycles. The Balaban J connectivity index is 1.83. The first-order chi connectivity index (χ1) is 10.6. The summed E-state index contributed by atoms with van der Waals surface area (Å²) in [4.78, 5) is 22.2. The van der Waals surface area contributed by atoms with Gasteiger partial charge in [-0.2, -0.15) is 0 Å². The van der Waals surface area contributed by atoms with Gasteiger partial charge in [0.2, 0.25) is 11.8 Å². The highest BCUT2D eigenvalue weighted by Gasteiger charge is 2.16. The van der Waals surface area contributed by atoms with Crippen molar-refractivity contribution in [2.24, 2.45) is 5.73 Å². The summed E-state index contributed by atoms with van der Waals surface area (Å²) < 4.78 is 0. The number of carbonyl (C=O) groups is 2. The Hall–Kier alpha value is -2.40. The predicted molar refractivity (Wildman–Crippen MR) is 85.1 cm³/mol. The number of aliphatic hydroxyl groups is 1. The molecule has 22 heavy (non-hydrogen) atoms. The van der Waals surface area contributed by atoms with Crippen molar-refractivity contribution in [3.05, 3.63) is 48.0 Å². The molecule has 0 radical (unpaired) electrons.